The first-order valence-electron chi connectivity index (χ1n) is 4.53. The van der Waals surface area contributed by atoms with E-state index in [1.54, 1.807) is 6.07 Å². The summed E-state index contributed by atoms with van der Waals surface area (Å²) in [7, 11) is 0. The van der Waals surface area contributed by atoms with E-state index in [2.05, 4.69) is 35.2 Å². The average molecular weight is 212 g/mol. The lowest BCUT2D eigenvalue weighted by atomic mass is 10.3. The predicted molar refractivity (Wildman–Crippen MR) is 59.6 cm³/mol. The maximum Gasteiger partial charge on any atom is 0.134 e. The topological polar surface area (TPSA) is 37.8 Å². The number of halogens is 1. The van der Waals surface area contributed by atoms with Crippen LogP contribution in [0.5, 0.6) is 0 Å². The summed E-state index contributed by atoms with van der Waals surface area (Å²) in [6, 6.07) is 1.71. The molecule has 0 aromatic carbocycles. The Kier molecular flexibility index (Phi) is 4.40. The van der Waals surface area contributed by atoms with Gasteiger partial charge < -0.3 is 5.32 Å². The summed E-state index contributed by atoms with van der Waals surface area (Å²) in [6.07, 6.45) is 4.62. The molecule has 0 unspecified atom stereocenters. The second kappa shape index (κ2) is 5.60. The Hall–Kier alpha value is -1.09. The van der Waals surface area contributed by atoms with Crippen LogP contribution in [0.1, 0.15) is 20.3 Å². The SMILES string of the molecule is CC(C)=CCCNc1cc(Cl)ncn1. The van der Waals surface area contributed by atoms with Crippen molar-refractivity contribution in [1.29, 1.82) is 0 Å². The molecule has 0 spiro atoms. The second-order valence-electron chi connectivity index (χ2n) is 3.22. The number of nitrogens with zero attached hydrogens (tertiary/aromatic N) is 2. The van der Waals surface area contributed by atoms with Gasteiger partial charge in [-0.2, -0.15) is 0 Å². The molecule has 0 bridgehead atoms. The Bertz CT molecular complexity index is 319. The number of aromatic nitrogens is 2. The molecule has 0 fully saturated rings. The highest BCUT2D eigenvalue weighted by Crippen LogP contribution is 2.08. The van der Waals surface area contributed by atoms with Gasteiger partial charge in [0.2, 0.25) is 0 Å². The lowest BCUT2D eigenvalue weighted by molar-refractivity contribution is 1.02. The van der Waals surface area contributed by atoms with Gasteiger partial charge in [-0.15, -0.1) is 0 Å². The summed E-state index contributed by atoms with van der Waals surface area (Å²) in [6.45, 7) is 5.03. The third-order valence-corrected chi connectivity index (χ3v) is 1.84. The summed E-state index contributed by atoms with van der Waals surface area (Å²) in [5.74, 6) is 0.771. The summed E-state index contributed by atoms with van der Waals surface area (Å²) in [5, 5.41) is 3.62. The summed E-state index contributed by atoms with van der Waals surface area (Å²) in [5.41, 5.74) is 1.33. The highest BCUT2D eigenvalue weighted by Gasteiger charge is 1.93. The molecule has 14 heavy (non-hydrogen) atoms. The number of rotatable bonds is 4. The van der Waals surface area contributed by atoms with Crippen molar-refractivity contribution in [2.45, 2.75) is 20.3 Å². The second-order valence-corrected chi connectivity index (χ2v) is 3.61. The van der Waals surface area contributed by atoms with Gasteiger partial charge in [-0.3, -0.25) is 0 Å². The minimum atomic E-state index is 0.463. The van der Waals surface area contributed by atoms with Crippen LogP contribution < -0.4 is 5.32 Å². The van der Waals surface area contributed by atoms with Crippen molar-refractivity contribution >= 4 is 17.4 Å². The smallest absolute Gasteiger partial charge is 0.134 e. The molecule has 1 aromatic heterocycles. The van der Waals surface area contributed by atoms with E-state index in [9.17, 15) is 0 Å². The Morgan fingerprint density at radius 3 is 2.93 bits per heavy atom. The van der Waals surface area contributed by atoms with Gasteiger partial charge in [0.25, 0.3) is 0 Å². The molecule has 0 radical (unpaired) electrons. The fourth-order valence-electron chi connectivity index (χ4n) is 0.991. The van der Waals surface area contributed by atoms with Crippen molar-refractivity contribution in [2.75, 3.05) is 11.9 Å². The Balaban J connectivity index is 2.35. The van der Waals surface area contributed by atoms with E-state index in [1.165, 1.54) is 11.9 Å². The predicted octanol–water partition coefficient (Wildman–Crippen LogP) is 2.90. The van der Waals surface area contributed by atoms with Crippen molar-refractivity contribution in [3.63, 3.8) is 0 Å². The zero-order chi connectivity index (χ0) is 10.4. The normalized spacial score (nSPS) is 9.64. The molecule has 0 aliphatic heterocycles. The van der Waals surface area contributed by atoms with E-state index < -0.39 is 0 Å². The Morgan fingerprint density at radius 1 is 1.50 bits per heavy atom. The van der Waals surface area contributed by atoms with Crippen LogP contribution in [-0.4, -0.2) is 16.5 Å². The zero-order valence-electron chi connectivity index (χ0n) is 8.42. The van der Waals surface area contributed by atoms with Crippen molar-refractivity contribution in [1.82, 2.24) is 9.97 Å². The van der Waals surface area contributed by atoms with E-state index in [0.29, 0.717) is 5.15 Å². The van der Waals surface area contributed by atoms with E-state index in [1.807, 2.05) is 0 Å². The van der Waals surface area contributed by atoms with Crippen molar-refractivity contribution < 1.29 is 0 Å². The van der Waals surface area contributed by atoms with Crippen LogP contribution >= 0.6 is 11.6 Å². The lowest BCUT2D eigenvalue weighted by Gasteiger charge is -2.02. The molecule has 1 aromatic rings. The molecule has 0 aliphatic carbocycles. The first-order chi connectivity index (χ1) is 6.68. The molecule has 0 amide bonds. The van der Waals surface area contributed by atoms with Crippen molar-refractivity contribution in [3.8, 4) is 0 Å². The summed E-state index contributed by atoms with van der Waals surface area (Å²) < 4.78 is 0. The highest BCUT2D eigenvalue weighted by atomic mass is 35.5. The number of hydrogen-bond donors (Lipinski definition) is 1. The standard InChI is InChI=1S/C10H14ClN3/c1-8(2)4-3-5-12-10-6-9(11)13-7-14-10/h4,6-7H,3,5H2,1-2H3,(H,12,13,14). The van der Waals surface area contributed by atoms with E-state index >= 15 is 0 Å². The summed E-state index contributed by atoms with van der Waals surface area (Å²) in [4.78, 5) is 7.83. The largest absolute Gasteiger partial charge is 0.370 e. The fraction of sp³-hybridized carbons (Fsp3) is 0.400. The monoisotopic (exact) mass is 211 g/mol. The van der Waals surface area contributed by atoms with Crippen LogP contribution in [-0.2, 0) is 0 Å². The van der Waals surface area contributed by atoms with Crippen LogP contribution in [0.15, 0.2) is 24.0 Å². The molecule has 1 heterocycles. The minimum absolute atomic E-state index is 0.463. The molecule has 0 saturated carbocycles. The third kappa shape index (κ3) is 4.23. The van der Waals surface area contributed by atoms with E-state index in [-0.39, 0.29) is 0 Å². The number of nitrogens with one attached hydrogen (secondary N) is 1. The minimum Gasteiger partial charge on any atom is -0.370 e. The Morgan fingerprint density at radius 2 is 2.29 bits per heavy atom. The quantitative estimate of drug-likeness (QED) is 0.473. The summed E-state index contributed by atoms with van der Waals surface area (Å²) >= 11 is 5.71. The van der Waals surface area contributed by atoms with Gasteiger partial charge in [-0.25, -0.2) is 9.97 Å². The van der Waals surface area contributed by atoms with Crippen molar-refractivity contribution in [2.24, 2.45) is 0 Å². The van der Waals surface area contributed by atoms with Gasteiger partial charge >= 0.3 is 0 Å². The molecule has 3 nitrogen and oxygen atoms in total. The third-order valence-electron chi connectivity index (χ3n) is 1.64. The fourth-order valence-corrected chi connectivity index (χ4v) is 1.14. The van der Waals surface area contributed by atoms with Gasteiger partial charge in [-0.05, 0) is 20.3 Å². The Labute approximate surface area is 89.2 Å². The molecule has 0 saturated heterocycles. The highest BCUT2D eigenvalue weighted by molar-refractivity contribution is 6.29. The molecule has 4 heteroatoms. The van der Waals surface area contributed by atoms with E-state index in [4.69, 9.17) is 11.6 Å². The van der Waals surface area contributed by atoms with Gasteiger partial charge in [0.05, 0.1) is 0 Å². The molecule has 1 N–H and O–H groups in total. The molecule has 76 valence electrons. The number of anilines is 1. The maximum atomic E-state index is 5.71. The molecule has 0 atom stereocenters. The molecular formula is C10H14ClN3. The van der Waals surface area contributed by atoms with Crippen molar-refractivity contribution in [3.05, 3.63) is 29.2 Å². The van der Waals surface area contributed by atoms with Gasteiger partial charge in [0.1, 0.15) is 17.3 Å². The molecule has 1 rings (SSSR count). The van der Waals surface area contributed by atoms with Crippen LogP contribution in [0.3, 0.4) is 0 Å². The molecular weight excluding hydrogens is 198 g/mol. The average Bonchev–Trinajstić information content (AvgIpc) is 2.12. The number of hydrogen-bond acceptors (Lipinski definition) is 3. The van der Waals surface area contributed by atoms with Gasteiger partial charge in [0.15, 0.2) is 0 Å². The van der Waals surface area contributed by atoms with Gasteiger partial charge in [-0.1, -0.05) is 23.3 Å². The maximum absolute atomic E-state index is 5.71. The zero-order valence-corrected chi connectivity index (χ0v) is 9.17. The molecule has 0 aliphatic rings. The first-order valence-corrected chi connectivity index (χ1v) is 4.91. The lowest BCUT2D eigenvalue weighted by Crippen LogP contribution is -2.02. The van der Waals surface area contributed by atoms with Crippen LogP contribution in [0.4, 0.5) is 5.82 Å². The van der Waals surface area contributed by atoms with E-state index in [0.717, 1.165) is 18.8 Å². The van der Waals surface area contributed by atoms with Gasteiger partial charge in [0, 0.05) is 12.6 Å². The van der Waals surface area contributed by atoms with Crippen LogP contribution in [0.25, 0.3) is 0 Å². The number of allylic oxidation sites excluding steroid dienone is 1. The van der Waals surface area contributed by atoms with Crippen LogP contribution in [0.2, 0.25) is 5.15 Å². The first kappa shape index (κ1) is 11.0. The van der Waals surface area contributed by atoms with Crippen LogP contribution in [0, 0.1) is 0 Å².